The minimum atomic E-state index is -0.119. The van der Waals surface area contributed by atoms with Crippen molar-refractivity contribution in [3.8, 4) is 22.3 Å². The van der Waals surface area contributed by atoms with Gasteiger partial charge in [-0.2, -0.15) is 0 Å². The summed E-state index contributed by atoms with van der Waals surface area (Å²) in [6.07, 6.45) is 7.20. The molecule has 0 atom stereocenters. The summed E-state index contributed by atoms with van der Waals surface area (Å²) in [4.78, 5) is 2.61. The van der Waals surface area contributed by atoms with Gasteiger partial charge in [-0.15, -0.1) is 0 Å². The topological polar surface area (TPSA) is 3.24 Å². The third kappa shape index (κ3) is 3.79. The van der Waals surface area contributed by atoms with Gasteiger partial charge in [0, 0.05) is 38.6 Å². The van der Waals surface area contributed by atoms with Crippen molar-refractivity contribution in [2.45, 2.75) is 70.6 Å². The van der Waals surface area contributed by atoms with Crippen LogP contribution < -0.4 is 4.90 Å². The summed E-state index contributed by atoms with van der Waals surface area (Å²) in [5.74, 6) is 0. The Morgan fingerprint density at radius 1 is 0.460 bits per heavy atom. The maximum Gasteiger partial charge on any atom is 0.0621 e. The molecule has 6 aromatic rings. The smallest absolute Gasteiger partial charge is 0.0621 e. The fourth-order valence-electron chi connectivity index (χ4n) is 10.0. The number of benzene rings is 6. The maximum atomic E-state index is 2.61. The number of hydrogen-bond donors (Lipinski definition) is 0. The van der Waals surface area contributed by atoms with Crippen molar-refractivity contribution < 1.29 is 0 Å². The first-order chi connectivity index (χ1) is 24.1. The third-order valence-electron chi connectivity index (χ3n) is 12.7. The van der Waals surface area contributed by atoms with Crippen LogP contribution in [0.1, 0.15) is 87.8 Å². The van der Waals surface area contributed by atoms with Crippen LogP contribution in [0.5, 0.6) is 0 Å². The van der Waals surface area contributed by atoms with Gasteiger partial charge >= 0.3 is 0 Å². The van der Waals surface area contributed by atoms with Crippen molar-refractivity contribution in [2.24, 2.45) is 0 Å². The molecule has 0 N–H and O–H groups in total. The second kappa shape index (κ2) is 9.98. The molecule has 244 valence electrons. The number of nitrogens with zero attached hydrogens (tertiary/aromatic N) is 1. The van der Waals surface area contributed by atoms with E-state index in [2.05, 4.69) is 174 Å². The van der Waals surface area contributed by atoms with Crippen LogP contribution in [0.25, 0.3) is 38.6 Å². The van der Waals surface area contributed by atoms with Gasteiger partial charge in [-0.3, -0.25) is 0 Å². The molecule has 0 saturated heterocycles. The second-order valence-corrected chi connectivity index (χ2v) is 16.4. The lowest BCUT2D eigenvalue weighted by Crippen LogP contribution is -2.19. The normalized spacial score (nSPS) is 18.0. The van der Waals surface area contributed by atoms with Crippen molar-refractivity contribution in [2.75, 3.05) is 4.90 Å². The van der Waals surface area contributed by atoms with Crippen LogP contribution in [-0.4, -0.2) is 0 Å². The van der Waals surface area contributed by atoms with Crippen LogP contribution in [0.3, 0.4) is 0 Å². The summed E-state index contributed by atoms with van der Waals surface area (Å²) in [6, 6.07) is 44.1. The van der Waals surface area contributed by atoms with Gasteiger partial charge in [-0.25, -0.2) is 0 Å². The van der Waals surface area contributed by atoms with Crippen LogP contribution >= 0.6 is 0 Å². The second-order valence-electron chi connectivity index (χ2n) is 16.4. The summed E-state index contributed by atoms with van der Waals surface area (Å²) in [6.45, 7) is 14.4. The minimum Gasteiger partial charge on any atom is -0.309 e. The first-order valence-corrected chi connectivity index (χ1v) is 18.4. The molecule has 6 aromatic carbocycles. The summed E-state index contributed by atoms with van der Waals surface area (Å²) in [5, 5.41) is 2.56. The fourth-order valence-corrected chi connectivity index (χ4v) is 10.0. The van der Waals surface area contributed by atoms with E-state index < -0.39 is 0 Å². The summed E-state index contributed by atoms with van der Waals surface area (Å²) in [7, 11) is 0. The molecule has 10 rings (SSSR count). The molecule has 0 heterocycles. The van der Waals surface area contributed by atoms with E-state index in [1.807, 2.05) is 0 Å². The Bertz CT molecular complexity index is 2520. The molecule has 0 spiro atoms. The van der Waals surface area contributed by atoms with E-state index in [1.54, 1.807) is 0 Å². The molecular weight excluding hydrogens is 603 g/mol. The van der Waals surface area contributed by atoms with Gasteiger partial charge in [0.15, 0.2) is 0 Å². The highest BCUT2D eigenvalue weighted by molar-refractivity contribution is 6.10. The molecule has 0 saturated carbocycles. The number of rotatable bonds is 3. The average Bonchev–Trinajstić information content (AvgIpc) is 3.61. The SMILES string of the molecule is CC1(C)C2=CCCC=C2c2ccc(N(c3ccc4c(c3)C(C)(C)c3ccccc3-4)c3c4c(cc5ccccc35)C(C)(C)c3ccccc3-4)cc21. The zero-order valence-corrected chi connectivity index (χ0v) is 30.0. The number of hydrogen-bond acceptors (Lipinski definition) is 1. The van der Waals surface area contributed by atoms with Crippen molar-refractivity contribution in [3.05, 3.63) is 166 Å². The molecule has 4 aliphatic rings. The lowest BCUT2D eigenvalue weighted by Gasteiger charge is -2.32. The summed E-state index contributed by atoms with van der Waals surface area (Å²) in [5.41, 5.74) is 20.2. The molecule has 0 aromatic heterocycles. The van der Waals surface area contributed by atoms with Gasteiger partial charge in [-0.05, 0) is 110 Å². The van der Waals surface area contributed by atoms with Crippen molar-refractivity contribution in [3.63, 3.8) is 0 Å². The van der Waals surface area contributed by atoms with Crippen LogP contribution in [0.2, 0.25) is 0 Å². The van der Waals surface area contributed by atoms with Crippen molar-refractivity contribution in [1.29, 1.82) is 0 Å². The monoisotopic (exact) mass is 645 g/mol. The number of anilines is 3. The van der Waals surface area contributed by atoms with Gasteiger partial charge in [0.05, 0.1) is 5.69 Å². The van der Waals surface area contributed by atoms with E-state index in [9.17, 15) is 0 Å². The Labute approximate surface area is 296 Å². The largest absolute Gasteiger partial charge is 0.309 e. The first-order valence-electron chi connectivity index (χ1n) is 18.4. The maximum absolute atomic E-state index is 2.61. The lowest BCUT2D eigenvalue weighted by molar-refractivity contribution is 0.654. The first kappa shape index (κ1) is 29.7. The van der Waals surface area contributed by atoms with Crippen LogP contribution in [0.15, 0.2) is 133 Å². The van der Waals surface area contributed by atoms with Crippen molar-refractivity contribution in [1.82, 2.24) is 0 Å². The molecule has 4 aliphatic carbocycles. The fraction of sp³-hybridized carbons (Fsp3) is 0.224. The molecule has 0 amide bonds. The predicted octanol–water partition coefficient (Wildman–Crippen LogP) is 13.3. The van der Waals surface area contributed by atoms with Crippen LogP contribution in [0, 0.1) is 0 Å². The van der Waals surface area contributed by atoms with Crippen LogP contribution in [-0.2, 0) is 16.2 Å². The standard InChI is InChI=1S/C49H43N/c1-47(2)39-20-12-9-17-34(39)36-25-23-31(28-42(36)47)50(32-24-26-37-35-18-10-13-21-40(35)48(3,4)43(37)29-32)46-33-16-8-7-15-30(33)27-44-45(46)38-19-11-14-22-41(38)49(44,5)6/h7-9,11-12,14-29H,10,13H2,1-6H3. The predicted molar refractivity (Wildman–Crippen MR) is 212 cm³/mol. The highest BCUT2D eigenvalue weighted by atomic mass is 15.1. The Balaban J connectivity index is 1.30. The third-order valence-corrected chi connectivity index (χ3v) is 12.7. The van der Waals surface area contributed by atoms with E-state index in [-0.39, 0.29) is 16.2 Å². The molecular formula is C49H43N. The molecule has 50 heavy (non-hydrogen) atoms. The highest BCUT2D eigenvalue weighted by Gasteiger charge is 2.42. The molecule has 0 radical (unpaired) electrons. The van der Waals surface area contributed by atoms with E-state index in [4.69, 9.17) is 0 Å². The number of allylic oxidation sites excluding steroid dienone is 4. The minimum absolute atomic E-state index is 0.0554. The quantitative estimate of drug-likeness (QED) is 0.185. The highest BCUT2D eigenvalue weighted by Crippen LogP contribution is 2.59. The Morgan fingerprint density at radius 2 is 1.02 bits per heavy atom. The summed E-state index contributed by atoms with van der Waals surface area (Å²) < 4.78 is 0. The van der Waals surface area contributed by atoms with E-state index in [0.717, 1.165) is 12.8 Å². The van der Waals surface area contributed by atoms with Gasteiger partial charge in [-0.1, -0.05) is 139 Å². The zero-order chi connectivity index (χ0) is 34.2. The van der Waals surface area contributed by atoms with E-state index in [1.165, 1.54) is 94.6 Å². The number of fused-ring (bicyclic) bond motifs is 10. The van der Waals surface area contributed by atoms with E-state index >= 15 is 0 Å². The van der Waals surface area contributed by atoms with Gasteiger partial charge < -0.3 is 4.90 Å². The van der Waals surface area contributed by atoms with Crippen molar-refractivity contribution >= 4 is 33.4 Å². The molecule has 1 heteroatoms. The molecule has 0 fully saturated rings. The summed E-state index contributed by atoms with van der Waals surface area (Å²) >= 11 is 0. The van der Waals surface area contributed by atoms with Crippen LogP contribution in [0.4, 0.5) is 17.1 Å². The molecule has 0 bridgehead atoms. The molecule has 0 aliphatic heterocycles. The Kier molecular flexibility index (Phi) is 5.94. The molecule has 1 nitrogen and oxygen atoms in total. The average molecular weight is 646 g/mol. The Morgan fingerprint density at radius 3 is 1.78 bits per heavy atom. The van der Waals surface area contributed by atoms with Gasteiger partial charge in [0.1, 0.15) is 0 Å². The zero-order valence-electron chi connectivity index (χ0n) is 30.0. The lowest BCUT2D eigenvalue weighted by atomic mass is 9.80. The Hall–Kier alpha value is -5.14. The van der Waals surface area contributed by atoms with Gasteiger partial charge in [0.25, 0.3) is 0 Å². The molecule has 0 unspecified atom stereocenters. The van der Waals surface area contributed by atoms with E-state index in [0.29, 0.717) is 0 Å². The van der Waals surface area contributed by atoms with Gasteiger partial charge in [0.2, 0.25) is 0 Å².